The Morgan fingerprint density at radius 3 is 2.51 bits per heavy atom. The molecule has 0 saturated heterocycles. The summed E-state index contributed by atoms with van der Waals surface area (Å²) in [5.74, 6) is -1.27. The van der Waals surface area contributed by atoms with Gasteiger partial charge >= 0.3 is 5.97 Å². The summed E-state index contributed by atoms with van der Waals surface area (Å²) in [6, 6.07) is 10.8. The van der Waals surface area contributed by atoms with Crippen LogP contribution in [-0.4, -0.2) is 45.4 Å². The Morgan fingerprint density at radius 2 is 1.86 bits per heavy atom. The molecule has 8 heteroatoms. The van der Waals surface area contributed by atoms with E-state index in [0.717, 1.165) is 50.2 Å². The molecule has 7 nitrogen and oxygen atoms in total. The molecule has 37 heavy (non-hydrogen) atoms. The second-order valence-corrected chi connectivity index (χ2v) is 10.8. The summed E-state index contributed by atoms with van der Waals surface area (Å²) in [4.78, 5) is 16.5. The van der Waals surface area contributed by atoms with Gasteiger partial charge in [0.15, 0.2) is 5.54 Å². The van der Waals surface area contributed by atoms with Gasteiger partial charge in [0.1, 0.15) is 5.82 Å². The Balaban J connectivity index is 1.93. The van der Waals surface area contributed by atoms with Crippen LogP contribution < -0.4 is 0 Å². The molecule has 1 aliphatic rings. The van der Waals surface area contributed by atoms with Crippen LogP contribution in [0.4, 0.5) is 4.39 Å². The Kier molecular flexibility index (Phi) is 5.83. The molecule has 1 aliphatic heterocycles. The third-order valence-corrected chi connectivity index (χ3v) is 7.22. The largest absolute Gasteiger partial charge is 0.479 e. The van der Waals surface area contributed by atoms with Crippen LogP contribution in [0.5, 0.6) is 0 Å². The Morgan fingerprint density at radius 1 is 1.16 bits per heavy atom. The summed E-state index contributed by atoms with van der Waals surface area (Å²) in [7, 11) is 1.68. The van der Waals surface area contributed by atoms with Crippen molar-refractivity contribution in [2.45, 2.75) is 52.1 Å². The van der Waals surface area contributed by atoms with Crippen molar-refractivity contribution in [3.05, 3.63) is 70.9 Å². The van der Waals surface area contributed by atoms with E-state index in [-0.39, 0.29) is 5.82 Å². The van der Waals surface area contributed by atoms with Gasteiger partial charge in [-0.1, -0.05) is 13.8 Å². The van der Waals surface area contributed by atoms with Crippen molar-refractivity contribution in [3.63, 3.8) is 0 Å². The molecule has 4 aromatic rings. The van der Waals surface area contributed by atoms with Gasteiger partial charge in [-0.25, -0.2) is 9.18 Å². The first-order valence-electron chi connectivity index (χ1n) is 12.2. The van der Waals surface area contributed by atoms with Gasteiger partial charge in [-0.2, -0.15) is 5.10 Å². The number of ether oxygens (including phenoxy) is 1. The zero-order valence-electron chi connectivity index (χ0n) is 22.0. The summed E-state index contributed by atoms with van der Waals surface area (Å²) in [6.45, 7) is 10.4. The molecular weight excluding hydrogens is 471 g/mol. The van der Waals surface area contributed by atoms with Gasteiger partial charge in [0.2, 0.25) is 0 Å². The predicted molar refractivity (Wildman–Crippen MR) is 142 cm³/mol. The SMILES string of the molecule is COCC(C)(C)c1c(-c2cn(C(C)(C)C(=O)O)nc2C)c2cc3c(cc2n1-c1ccc(F)cc1)C=NC3. The lowest BCUT2D eigenvalue weighted by molar-refractivity contribution is -0.146. The molecule has 0 fully saturated rings. The first-order chi connectivity index (χ1) is 17.5. The van der Waals surface area contributed by atoms with Gasteiger partial charge in [-0.15, -0.1) is 0 Å². The summed E-state index contributed by atoms with van der Waals surface area (Å²) in [5.41, 5.74) is 5.76. The number of carboxylic acid groups (broad SMARTS) is 1. The maximum atomic E-state index is 13.9. The van der Waals surface area contributed by atoms with Crippen LogP contribution in [0, 0.1) is 12.7 Å². The number of nitrogens with zero attached hydrogens (tertiary/aromatic N) is 4. The average molecular weight is 503 g/mol. The minimum absolute atomic E-state index is 0.306. The summed E-state index contributed by atoms with van der Waals surface area (Å²) >= 11 is 0. The van der Waals surface area contributed by atoms with Crippen molar-refractivity contribution < 1.29 is 19.0 Å². The number of carbonyl (C=O) groups is 1. The molecule has 2 aromatic heterocycles. The third kappa shape index (κ3) is 3.96. The van der Waals surface area contributed by atoms with Crippen LogP contribution >= 0.6 is 0 Å². The fraction of sp³-hybridized carbons (Fsp3) is 0.345. The van der Waals surface area contributed by atoms with Crippen molar-refractivity contribution >= 4 is 23.1 Å². The normalized spacial score (nSPS) is 13.5. The van der Waals surface area contributed by atoms with Crippen LogP contribution in [0.2, 0.25) is 0 Å². The number of hydrogen-bond donors (Lipinski definition) is 1. The molecule has 3 heterocycles. The number of benzene rings is 2. The molecule has 0 spiro atoms. The second kappa shape index (κ2) is 8.66. The van der Waals surface area contributed by atoms with E-state index < -0.39 is 16.9 Å². The van der Waals surface area contributed by atoms with E-state index in [1.54, 1.807) is 33.1 Å². The Labute approximate surface area is 215 Å². The number of fused-ring (bicyclic) bond motifs is 2. The van der Waals surface area contributed by atoms with E-state index in [2.05, 4.69) is 40.6 Å². The Bertz CT molecular complexity index is 1560. The molecule has 0 amide bonds. The van der Waals surface area contributed by atoms with Crippen molar-refractivity contribution in [2.24, 2.45) is 4.99 Å². The quantitative estimate of drug-likeness (QED) is 0.356. The van der Waals surface area contributed by atoms with E-state index >= 15 is 0 Å². The molecule has 2 aromatic carbocycles. The standard InChI is InChI=1S/C29H31FN4O3/c1-17-23(15-33(32-17)29(4,5)27(35)36)25-22-11-18-13-31-14-19(18)12-24(22)34(21-9-7-20(30)8-10-21)26(25)28(2,3)16-37-6/h7-12,14-15H,13,16H2,1-6H3,(H,35,36). The van der Waals surface area contributed by atoms with Gasteiger partial charge < -0.3 is 14.4 Å². The maximum Gasteiger partial charge on any atom is 0.331 e. The second-order valence-electron chi connectivity index (χ2n) is 10.8. The van der Waals surface area contributed by atoms with Gasteiger partial charge in [0, 0.05) is 52.8 Å². The molecule has 1 N–H and O–H groups in total. The fourth-order valence-corrected chi connectivity index (χ4v) is 5.18. The van der Waals surface area contributed by atoms with Crippen LogP contribution in [0.3, 0.4) is 0 Å². The lowest BCUT2D eigenvalue weighted by atomic mass is 9.84. The van der Waals surface area contributed by atoms with Gasteiger partial charge in [-0.05, 0) is 68.3 Å². The number of hydrogen-bond acceptors (Lipinski definition) is 4. The predicted octanol–water partition coefficient (Wildman–Crippen LogP) is 5.62. The van der Waals surface area contributed by atoms with Crippen LogP contribution in [-0.2, 0) is 27.0 Å². The monoisotopic (exact) mass is 502 g/mol. The van der Waals surface area contributed by atoms with E-state index in [9.17, 15) is 14.3 Å². The third-order valence-electron chi connectivity index (χ3n) is 7.22. The highest BCUT2D eigenvalue weighted by molar-refractivity contribution is 6.03. The van der Waals surface area contributed by atoms with Gasteiger partial charge in [0.05, 0.1) is 24.4 Å². The maximum absolute atomic E-state index is 13.9. The summed E-state index contributed by atoms with van der Waals surface area (Å²) in [5, 5.41) is 15.5. The number of methoxy groups -OCH3 is 1. The average Bonchev–Trinajstić information content (AvgIpc) is 3.53. The number of rotatable bonds is 7. The number of halogens is 1. The summed E-state index contributed by atoms with van der Waals surface area (Å²) in [6.07, 6.45) is 3.71. The van der Waals surface area contributed by atoms with E-state index in [1.165, 1.54) is 16.8 Å². The highest BCUT2D eigenvalue weighted by Gasteiger charge is 2.36. The van der Waals surface area contributed by atoms with Crippen molar-refractivity contribution in [2.75, 3.05) is 13.7 Å². The molecule has 0 saturated carbocycles. The molecule has 0 aliphatic carbocycles. The molecule has 0 atom stereocenters. The highest BCUT2D eigenvalue weighted by Crippen LogP contribution is 2.45. The fourth-order valence-electron chi connectivity index (χ4n) is 5.18. The zero-order chi connectivity index (χ0) is 26.7. The number of aryl methyl sites for hydroxylation is 1. The van der Waals surface area contributed by atoms with Crippen molar-refractivity contribution in [1.82, 2.24) is 14.3 Å². The number of carboxylic acids is 1. The van der Waals surface area contributed by atoms with Crippen LogP contribution in [0.1, 0.15) is 50.2 Å². The number of aliphatic carboxylic acids is 1. The molecule has 192 valence electrons. The number of aliphatic imine (C=N–C) groups is 1. The highest BCUT2D eigenvalue weighted by atomic mass is 19.1. The smallest absolute Gasteiger partial charge is 0.331 e. The minimum atomic E-state index is -1.23. The van der Waals surface area contributed by atoms with Crippen molar-refractivity contribution in [3.8, 4) is 16.8 Å². The molecule has 0 unspecified atom stereocenters. The Hall–Kier alpha value is -3.78. The van der Waals surface area contributed by atoms with E-state index in [1.807, 2.05) is 19.3 Å². The lowest BCUT2D eigenvalue weighted by Crippen LogP contribution is -2.36. The minimum Gasteiger partial charge on any atom is -0.479 e. The zero-order valence-corrected chi connectivity index (χ0v) is 22.0. The van der Waals surface area contributed by atoms with Crippen LogP contribution in [0.25, 0.3) is 27.7 Å². The van der Waals surface area contributed by atoms with Gasteiger partial charge in [0.25, 0.3) is 0 Å². The van der Waals surface area contributed by atoms with E-state index in [4.69, 9.17) is 4.74 Å². The van der Waals surface area contributed by atoms with Gasteiger partial charge in [-0.3, -0.25) is 9.67 Å². The molecule has 0 bridgehead atoms. The lowest BCUT2D eigenvalue weighted by Gasteiger charge is -2.28. The number of aromatic nitrogens is 3. The summed E-state index contributed by atoms with van der Waals surface area (Å²) < 4.78 is 23.3. The van der Waals surface area contributed by atoms with E-state index in [0.29, 0.717) is 13.2 Å². The first kappa shape index (κ1) is 24.9. The molecular formula is C29H31FN4O3. The molecule has 5 rings (SSSR count). The topological polar surface area (TPSA) is 81.6 Å². The first-order valence-corrected chi connectivity index (χ1v) is 12.2. The molecule has 0 radical (unpaired) electrons. The van der Waals surface area contributed by atoms with Crippen molar-refractivity contribution in [1.29, 1.82) is 0 Å². The van der Waals surface area contributed by atoms with Crippen LogP contribution in [0.15, 0.2) is 47.6 Å².